The van der Waals surface area contributed by atoms with Gasteiger partial charge in [0.1, 0.15) is 11.6 Å². The van der Waals surface area contributed by atoms with Crippen molar-refractivity contribution in [2.75, 3.05) is 48.3 Å². The summed E-state index contributed by atoms with van der Waals surface area (Å²) >= 11 is 0. The number of halogens is 1. The zero-order valence-corrected chi connectivity index (χ0v) is 18.1. The zero-order valence-electron chi connectivity index (χ0n) is 18.1. The summed E-state index contributed by atoms with van der Waals surface area (Å²) in [6, 6.07) is 7.15. The Bertz CT molecular complexity index is 983. The van der Waals surface area contributed by atoms with E-state index < -0.39 is 17.7 Å². The number of pyridine rings is 1. The Morgan fingerprint density at radius 3 is 2.59 bits per heavy atom. The van der Waals surface area contributed by atoms with E-state index in [9.17, 15) is 18.8 Å². The number of hydrogen-bond donors (Lipinski definition) is 2. The van der Waals surface area contributed by atoms with E-state index in [0.717, 1.165) is 12.2 Å². The van der Waals surface area contributed by atoms with E-state index in [1.807, 2.05) is 0 Å². The number of anilines is 3. The summed E-state index contributed by atoms with van der Waals surface area (Å²) in [6.07, 6.45) is 2.22. The van der Waals surface area contributed by atoms with Gasteiger partial charge in [0.25, 0.3) is 0 Å². The Labute approximate surface area is 185 Å². The van der Waals surface area contributed by atoms with Crippen LogP contribution in [0.2, 0.25) is 0 Å². The van der Waals surface area contributed by atoms with E-state index in [1.54, 1.807) is 24.0 Å². The normalized spacial score (nSPS) is 13.8. The van der Waals surface area contributed by atoms with Crippen LogP contribution in [0.15, 0.2) is 36.5 Å². The van der Waals surface area contributed by atoms with Crippen molar-refractivity contribution in [3.05, 3.63) is 47.9 Å². The van der Waals surface area contributed by atoms with Crippen molar-refractivity contribution in [1.82, 2.24) is 9.88 Å². The quantitative estimate of drug-likeness (QED) is 0.689. The Morgan fingerprint density at radius 1 is 1.09 bits per heavy atom. The number of carbonyl (C=O) groups is 3. The lowest BCUT2D eigenvalue weighted by molar-refractivity contribution is -0.114. The van der Waals surface area contributed by atoms with Gasteiger partial charge in [-0.2, -0.15) is 0 Å². The number of benzene rings is 1. The number of esters is 1. The van der Waals surface area contributed by atoms with Gasteiger partial charge in [-0.05, 0) is 43.7 Å². The molecule has 0 spiro atoms. The number of nitrogens with one attached hydrogen (secondary N) is 2. The van der Waals surface area contributed by atoms with Crippen molar-refractivity contribution >= 4 is 35.1 Å². The van der Waals surface area contributed by atoms with Gasteiger partial charge in [-0.1, -0.05) is 0 Å². The van der Waals surface area contributed by atoms with Gasteiger partial charge in [-0.3, -0.25) is 4.79 Å². The maximum absolute atomic E-state index is 13.8. The maximum Gasteiger partial charge on any atom is 0.339 e. The van der Waals surface area contributed by atoms with Gasteiger partial charge in [0, 0.05) is 45.0 Å². The molecule has 1 fully saturated rings. The lowest BCUT2D eigenvalue weighted by Crippen LogP contribution is -2.38. The third kappa shape index (κ3) is 5.93. The first-order valence-electron chi connectivity index (χ1n) is 10.4. The summed E-state index contributed by atoms with van der Waals surface area (Å²) in [5.74, 6) is -0.666. The summed E-state index contributed by atoms with van der Waals surface area (Å²) in [6.45, 7) is 5.62. The van der Waals surface area contributed by atoms with Crippen molar-refractivity contribution < 1.29 is 23.5 Å². The third-order valence-electron chi connectivity index (χ3n) is 4.89. The lowest BCUT2D eigenvalue weighted by atomic mass is 10.2. The second-order valence-electron chi connectivity index (χ2n) is 7.26. The maximum atomic E-state index is 13.8. The Kier molecular flexibility index (Phi) is 7.58. The van der Waals surface area contributed by atoms with E-state index in [1.165, 1.54) is 31.3 Å². The largest absolute Gasteiger partial charge is 0.462 e. The van der Waals surface area contributed by atoms with Gasteiger partial charge >= 0.3 is 12.0 Å². The molecule has 0 unspecified atom stereocenters. The van der Waals surface area contributed by atoms with Crippen LogP contribution in [0.4, 0.5) is 26.4 Å². The summed E-state index contributed by atoms with van der Waals surface area (Å²) in [5, 5.41) is 5.15. The summed E-state index contributed by atoms with van der Waals surface area (Å²) in [7, 11) is 0. The van der Waals surface area contributed by atoms with Crippen LogP contribution in [-0.4, -0.2) is 60.6 Å². The fourth-order valence-electron chi connectivity index (χ4n) is 3.35. The van der Waals surface area contributed by atoms with E-state index in [-0.39, 0.29) is 11.7 Å². The van der Waals surface area contributed by atoms with Crippen LogP contribution in [0.5, 0.6) is 0 Å². The standard InChI is InChI=1S/C22H26FN5O4/c1-3-32-21(30)16-5-8-20(24-14-16)27-9-4-10-28(12-11-27)22(31)26-17-6-7-18(23)19(13-17)25-15(2)29/h5-8,13-14H,3-4,9-12H2,1-2H3,(H,25,29)(H,26,31). The Morgan fingerprint density at radius 2 is 1.91 bits per heavy atom. The molecule has 9 nitrogen and oxygen atoms in total. The minimum atomic E-state index is -0.579. The molecule has 2 aromatic rings. The average Bonchev–Trinajstić information content (AvgIpc) is 3.02. The van der Waals surface area contributed by atoms with Gasteiger partial charge in [0.2, 0.25) is 5.91 Å². The lowest BCUT2D eigenvalue weighted by Gasteiger charge is -2.23. The highest BCUT2D eigenvalue weighted by molar-refractivity contribution is 5.92. The van der Waals surface area contributed by atoms with E-state index in [4.69, 9.17) is 4.74 Å². The molecule has 3 rings (SSSR count). The van der Waals surface area contributed by atoms with Crippen molar-refractivity contribution in [3.63, 3.8) is 0 Å². The number of amides is 3. The fraction of sp³-hybridized carbons (Fsp3) is 0.364. The first-order chi connectivity index (χ1) is 15.4. The molecular formula is C22H26FN5O4. The van der Waals surface area contributed by atoms with Crippen LogP contribution in [0.3, 0.4) is 0 Å². The van der Waals surface area contributed by atoms with Crippen LogP contribution in [0.1, 0.15) is 30.6 Å². The number of hydrogen-bond acceptors (Lipinski definition) is 6. The minimum Gasteiger partial charge on any atom is -0.462 e. The van der Waals surface area contributed by atoms with Crippen molar-refractivity contribution in [2.45, 2.75) is 20.3 Å². The molecule has 0 saturated carbocycles. The van der Waals surface area contributed by atoms with Crippen molar-refractivity contribution in [1.29, 1.82) is 0 Å². The van der Waals surface area contributed by atoms with Crippen molar-refractivity contribution in [3.8, 4) is 0 Å². The molecule has 0 radical (unpaired) electrons. The van der Waals surface area contributed by atoms with Crippen LogP contribution < -0.4 is 15.5 Å². The molecule has 3 amide bonds. The minimum absolute atomic E-state index is 0.00896. The number of rotatable bonds is 5. The third-order valence-corrected chi connectivity index (χ3v) is 4.89. The molecular weight excluding hydrogens is 417 g/mol. The SMILES string of the molecule is CCOC(=O)c1ccc(N2CCCN(C(=O)Nc3ccc(F)c(NC(C)=O)c3)CC2)nc1. The summed E-state index contributed by atoms with van der Waals surface area (Å²) in [4.78, 5) is 43.8. The Hall–Kier alpha value is -3.69. The molecule has 32 heavy (non-hydrogen) atoms. The fourth-order valence-corrected chi connectivity index (χ4v) is 3.35. The number of nitrogens with zero attached hydrogens (tertiary/aromatic N) is 3. The van der Waals surface area contributed by atoms with E-state index in [2.05, 4.69) is 20.5 Å². The zero-order chi connectivity index (χ0) is 23.1. The van der Waals surface area contributed by atoms with Gasteiger partial charge in [0.15, 0.2) is 0 Å². The van der Waals surface area contributed by atoms with E-state index in [0.29, 0.717) is 44.0 Å². The molecule has 1 saturated heterocycles. The van der Waals surface area contributed by atoms with Gasteiger partial charge in [0.05, 0.1) is 17.9 Å². The second kappa shape index (κ2) is 10.6. The van der Waals surface area contributed by atoms with Crippen LogP contribution in [0.25, 0.3) is 0 Å². The monoisotopic (exact) mass is 443 g/mol. The highest BCUT2D eigenvalue weighted by Gasteiger charge is 2.21. The molecule has 2 heterocycles. The molecule has 1 aliphatic heterocycles. The predicted octanol–water partition coefficient (Wildman–Crippen LogP) is 3.10. The molecule has 1 aliphatic rings. The number of aromatic nitrogens is 1. The van der Waals surface area contributed by atoms with Crippen LogP contribution >= 0.6 is 0 Å². The molecule has 0 atom stereocenters. The molecule has 0 bridgehead atoms. The molecule has 170 valence electrons. The topological polar surface area (TPSA) is 104 Å². The number of ether oxygens (including phenoxy) is 1. The molecule has 2 N–H and O–H groups in total. The van der Waals surface area contributed by atoms with E-state index >= 15 is 0 Å². The molecule has 0 aliphatic carbocycles. The Balaban J connectivity index is 1.59. The smallest absolute Gasteiger partial charge is 0.339 e. The highest BCUT2D eigenvalue weighted by Crippen LogP contribution is 2.21. The van der Waals surface area contributed by atoms with Gasteiger partial charge in [-0.15, -0.1) is 0 Å². The first-order valence-corrected chi connectivity index (χ1v) is 10.4. The number of urea groups is 1. The summed E-state index contributed by atoms with van der Waals surface area (Å²) < 4.78 is 18.8. The average molecular weight is 443 g/mol. The molecule has 10 heteroatoms. The summed E-state index contributed by atoms with van der Waals surface area (Å²) in [5.41, 5.74) is 0.788. The van der Waals surface area contributed by atoms with Crippen molar-refractivity contribution in [2.24, 2.45) is 0 Å². The van der Waals surface area contributed by atoms with Crippen LogP contribution in [0, 0.1) is 5.82 Å². The molecule has 1 aromatic heterocycles. The highest BCUT2D eigenvalue weighted by atomic mass is 19.1. The first kappa shape index (κ1) is 23.0. The number of carbonyl (C=O) groups excluding carboxylic acids is 3. The van der Waals surface area contributed by atoms with Gasteiger partial charge < -0.3 is 25.2 Å². The molecule has 1 aromatic carbocycles. The van der Waals surface area contributed by atoms with Gasteiger partial charge in [-0.25, -0.2) is 19.0 Å². The van der Waals surface area contributed by atoms with Crippen LogP contribution in [-0.2, 0) is 9.53 Å². The predicted molar refractivity (Wildman–Crippen MR) is 118 cm³/mol. The second-order valence-corrected chi connectivity index (χ2v) is 7.26.